The maximum Gasteiger partial charge on any atom is 0.228 e. The number of amides is 2. The predicted molar refractivity (Wildman–Crippen MR) is 111 cm³/mol. The van der Waals surface area contributed by atoms with E-state index < -0.39 is 0 Å². The van der Waals surface area contributed by atoms with Gasteiger partial charge in [-0.3, -0.25) is 14.5 Å². The van der Waals surface area contributed by atoms with E-state index in [1.807, 2.05) is 49.1 Å². The molecular formula is C22H28N4O4. The minimum Gasteiger partial charge on any atom is -0.492 e. The van der Waals surface area contributed by atoms with Crippen LogP contribution in [0.5, 0.6) is 5.75 Å². The summed E-state index contributed by atoms with van der Waals surface area (Å²) in [5.41, 5.74) is 1.62. The summed E-state index contributed by atoms with van der Waals surface area (Å²) in [4.78, 5) is 31.6. The van der Waals surface area contributed by atoms with E-state index >= 15 is 0 Å². The van der Waals surface area contributed by atoms with Gasteiger partial charge in [0.1, 0.15) is 5.75 Å². The minimum atomic E-state index is -0.310. The minimum absolute atomic E-state index is 0.0279. The number of benzene rings is 1. The quantitative estimate of drug-likeness (QED) is 0.723. The summed E-state index contributed by atoms with van der Waals surface area (Å²) in [7, 11) is 0. The molecule has 1 aromatic heterocycles. The summed E-state index contributed by atoms with van der Waals surface area (Å²) >= 11 is 0. The molecule has 4 rings (SSSR count). The molecule has 3 heterocycles. The highest BCUT2D eigenvalue weighted by molar-refractivity contribution is 6.01. The van der Waals surface area contributed by atoms with Crippen LogP contribution in [0.1, 0.15) is 24.8 Å². The van der Waals surface area contributed by atoms with E-state index in [0.29, 0.717) is 38.5 Å². The van der Waals surface area contributed by atoms with Crippen LogP contribution in [0, 0.1) is 12.8 Å². The zero-order valence-electron chi connectivity index (χ0n) is 17.5. The van der Waals surface area contributed by atoms with Crippen LogP contribution in [-0.4, -0.2) is 66.1 Å². The van der Waals surface area contributed by atoms with Crippen molar-refractivity contribution in [3.8, 4) is 5.75 Å². The molecule has 1 unspecified atom stereocenters. The van der Waals surface area contributed by atoms with E-state index in [2.05, 4.69) is 10.1 Å². The normalized spacial score (nSPS) is 20.1. The smallest absolute Gasteiger partial charge is 0.228 e. The molecule has 0 bridgehead atoms. The molecule has 30 heavy (non-hydrogen) atoms. The van der Waals surface area contributed by atoms with Gasteiger partial charge in [0.15, 0.2) is 5.76 Å². The Hall–Kier alpha value is -2.87. The van der Waals surface area contributed by atoms with Crippen LogP contribution >= 0.6 is 0 Å². The van der Waals surface area contributed by atoms with Gasteiger partial charge in [0.05, 0.1) is 30.5 Å². The van der Waals surface area contributed by atoms with E-state index in [9.17, 15) is 9.59 Å². The first-order chi connectivity index (χ1) is 14.5. The summed E-state index contributed by atoms with van der Waals surface area (Å²) in [6.07, 6.45) is 0.247. The third-order valence-electron chi connectivity index (χ3n) is 5.67. The van der Waals surface area contributed by atoms with E-state index in [0.717, 1.165) is 30.2 Å². The van der Waals surface area contributed by atoms with Gasteiger partial charge in [-0.1, -0.05) is 17.3 Å². The van der Waals surface area contributed by atoms with Crippen LogP contribution in [0.2, 0.25) is 0 Å². The molecule has 1 aromatic carbocycles. The van der Waals surface area contributed by atoms with Crippen LogP contribution in [0.25, 0.3) is 0 Å². The molecule has 2 aliphatic rings. The second-order valence-electron chi connectivity index (χ2n) is 7.84. The summed E-state index contributed by atoms with van der Waals surface area (Å²) < 4.78 is 11.0. The number of piperazine rings is 1. The van der Waals surface area contributed by atoms with Crippen molar-refractivity contribution in [3.05, 3.63) is 41.8 Å². The number of aromatic nitrogens is 1. The second kappa shape index (κ2) is 8.87. The van der Waals surface area contributed by atoms with Crippen molar-refractivity contribution in [2.75, 3.05) is 44.2 Å². The summed E-state index contributed by atoms with van der Waals surface area (Å²) in [5.74, 6) is 1.25. The number of para-hydroxylation sites is 2. The van der Waals surface area contributed by atoms with Crippen molar-refractivity contribution in [1.82, 2.24) is 15.0 Å². The number of ether oxygens (including phenoxy) is 1. The van der Waals surface area contributed by atoms with Crippen LogP contribution in [-0.2, 0) is 16.1 Å². The highest BCUT2D eigenvalue weighted by Crippen LogP contribution is 2.33. The highest BCUT2D eigenvalue weighted by atomic mass is 16.5. The first kappa shape index (κ1) is 20.4. The molecule has 0 saturated carbocycles. The highest BCUT2D eigenvalue weighted by Gasteiger charge is 2.38. The summed E-state index contributed by atoms with van der Waals surface area (Å²) in [6.45, 7) is 8.33. The monoisotopic (exact) mass is 412 g/mol. The Labute approximate surface area is 176 Å². The first-order valence-corrected chi connectivity index (χ1v) is 10.5. The molecule has 160 valence electrons. The Morgan fingerprint density at radius 2 is 2.00 bits per heavy atom. The molecule has 2 fully saturated rings. The molecule has 2 aromatic rings. The van der Waals surface area contributed by atoms with E-state index in [-0.39, 0.29) is 24.2 Å². The number of nitrogens with zero attached hydrogens (tertiary/aromatic N) is 4. The van der Waals surface area contributed by atoms with E-state index in [1.54, 1.807) is 4.90 Å². The van der Waals surface area contributed by atoms with Crippen molar-refractivity contribution in [3.63, 3.8) is 0 Å². The lowest BCUT2D eigenvalue weighted by Gasteiger charge is -2.35. The standard InChI is InChI=1S/C22H28N4O4/c1-3-29-20-7-5-4-6-19(20)26-14-17(13-21(26)27)22(28)25-10-8-24(9-11-25)15-18-12-16(2)23-30-18/h4-7,12,17H,3,8-11,13-15H2,1-2H3. The molecule has 2 saturated heterocycles. The maximum absolute atomic E-state index is 13.1. The van der Waals surface area contributed by atoms with Crippen LogP contribution in [0.4, 0.5) is 5.69 Å². The molecule has 8 nitrogen and oxygen atoms in total. The van der Waals surface area contributed by atoms with Crippen molar-refractivity contribution in [2.45, 2.75) is 26.8 Å². The number of carbonyl (C=O) groups excluding carboxylic acids is 2. The number of hydrogen-bond donors (Lipinski definition) is 0. The van der Waals surface area contributed by atoms with Crippen LogP contribution in [0.15, 0.2) is 34.9 Å². The fourth-order valence-electron chi connectivity index (χ4n) is 4.16. The molecule has 0 aliphatic carbocycles. The number of rotatable bonds is 6. The van der Waals surface area contributed by atoms with E-state index in [1.165, 1.54) is 0 Å². The van der Waals surface area contributed by atoms with Gasteiger partial charge in [0, 0.05) is 45.2 Å². The average Bonchev–Trinajstić information content (AvgIpc) is 3.34. The zero-order valence-corrected chi connectivity index (χ0v) is 17.5. The molecule has 0 N–H and O–H groups in total. The second-order valence-corrected chi connectivity index (χ2v) is 7.84. The first-order valence-electron chi connectivity index (χ1n) is 10.5. The Balaban J connectivity index is 1.34. The largest absolute Gasteiger partial charge is 0.492 e. The molecule has 2 aliphatic heterocycles. The Morgan fingerprint density at radius 3 is 2.70 bits per heavy atom. The van der Waals surface area contributed by atoms with Crippen molar-refractivity contribution in [2.24, 2.45) is 5.92 Å². The van der Waals surface area contributed by atoms with Crippen molar-refractivity contribution in [1.29, 1.82) is 0 Å². The Kier molecular flexibility index (Phi) is 6.03. The Bertz CT molecular complexity index is 904. The number of anilines is 1. The third-order valence-corrected chi connectivity index (χ3v) is 5.67. The summed E-state index contributed by atoms with van der Waals surface area (Å²) in [6, 6.07) is 9.44. The number of carbonyl (C=O) groups is 2. The topological polar surface area (TPSA) is 79.1 Å². The van der Waals surface area contributed by atoms with Gasteiger partial charge in [0.2, 0.25) is 11.8 Å². The molecule has 0 radical (unpaired) electrons. The summed E-state index contributed by atoms with van der Waals surface area (Å²) in [5, 5.41) is 3.92. The molecule has 8 heteroatoms. The maximum atomic E-state index is 13.1. The van der Waals surface area contributed by atoms with E-state index in [4.69, 9.17) is 9.26 Å². The van der Waals surface area contributed by atoms with Gasteiger partial charge < -0.3 is 19.1 Å². The lowest BCUT2D eigenvalue weighted by molar-refractivity contribution is -0.137. The lowest BCUT2D eigenvalue weighted by atomic mass is 10.1. The van der Waals surface area contributed by atoms with Gasteiger partial charge in [-0.15, -0.1) is 0 Å². The molecule has 1 atom stereocenters. The Morgan fingerprint density at radius 1 is 1.23 bits per heavy atom. The molecular weight excluding hydrogens is 384 g/mol. The fraction of sp³-hybridized carbons (Fsp3) is 0.500. The fourth-order valence-corrected chi connectivity index (χ4v) is 4.16. The SMILES string of the molecule is CCOc1ccccc1N1CC(C(=O)N2CCN(Cc3cc(C)no3)CC2)CC1=O. The third kappa shape index (κ3) is 4.33. The van der Waals surface area contributed by atoms with Crippen molar-refractivity contribution >= 4 is 17.5 Å². The van der Waals surface area contributed by atoms with Gasteiger partial charge in [-0.2, -0.15) is 0 Å². The van der Waals surface area contributed by atoms with Crippen LogP contribution in [0.3, 0.4) is 0 Å². The van der Waals surface area contributed by atoms with Gasteiger partial charge in [-0.25, -0.2) is 0 Å². The number of hydrogen-bond acceptors (Lipinski definition) is 6. The number of aryl methyl sites for hydroxylation is 1. The van der Waals surface area contributed by atoms with Gasteiger partial charge in [0.25, 0.3) is 0 Å². The van der Waals surface area contributed by atoms with Crippen LogP contribution < -0.4 is 9.64 Å². The predicted octanol–water partition coefficient (Wildman–Crippen LogP) is 2.08. The zero-order chi connectivity index (χ0) is 21.1. The molecule has 2 amide bonds. The van der Waals surface area contributed by atoms with Gasteiger partial charge >= 0.3 is 0 Å². The lowest BCUT2D eigenvalue weighted by Crippen LogP contribution is -2.50. The van der Waals surface area contributed by atoms with Gasteiger partial charge in [-0.05, 0) is 26.0 Å². The van der Waals surface area contributed by atoms with Crippen molar-refractivity contribution < 1.29 is 18.8 Å². The average molecular weight is 412 g/mol. The molecule has 0 spiro atoms.